The summed E-state index contributed by atoms with van der Waals surface area (Å²) in [6.07, 6.45) is -2.50. The predicted molar refractivity (Wildman–Crippen MR) is 126 cm³/mol. The van der Waals surface area contributed by atoms with Gasteiger partial charge in [-0.05, 0) is 55.5 Å². The fraction of sp³-hybridized carbons (Fsp3) is 0.458. The fourth-order valence-corrected chi connectivity index (χ4v) is 4.58. The van der Waals surface area contributed by atoms with E-state index in [0.29, 0.717) is 30.2 Å². The molecule has 36 heavy (non-hydrogen) atoms. The summed E-state index contributed by atoms with van der Waals surface area (Å²) >= 11 is 0. The molecule has 12 heteroatoms. The third kappa shape index (κ3) is 4.93. The van der Waals surface area contributed by atoms with E-state index in [1.54, 1.807) is 6.92 Å². The van der Waals surface area contributed by atoms with Crippen LogP contribution in [-0.2, 0) is 10.9 Å². The van der Waals surface area contributed by atoms with Gasteiger partial charge in [-0.3, -0.25) is 9.69 Å². The van der Waals surface area contributed by atoms with Gasteiger partial charge in [0.2, 0.25) is 0 Å². The van der Waals surface area contributed by atoms with Crippen LogP contribution in [0.25, 0.3) is 0 Å². The molecule has 1 aromatic heterocycles. The van der Waals surface area contributed by atoms with Gasteiger partial charge in [-0.2, -0.15) is 13.2 Å². The average molecular weight is 529 g/mol. The van der Waals surface area contributed by atoms with Crippen LogP contribution in [0.1, 0.15) is 47.2 Å². The number of aromatic nitrogens is 1. The molecule has 2 amide bonds. The SMILES string of the molecule is C[C@@H]1COC(=O)N1c1ccc(C(=O)N2CCN(c3ncc(C(F)(F)F)cc3C3CC3)CC2)c(F)c1.Cl. The fourth-order valence-electron chi connectivity index (χ4n) is 4.58. The van der Waals surface area contributed by atoms with E-state index in [1.807, 2.05) is 4.90 Å². The average Bonchev–Trinajstić information content (AvgIpc) is 3.62. The number of alkyl halides is 3. The van der Waals surface area contributed by atoms with E-state index in [2.05, 4.69) is 4.98 Å². The summed E-state index contributed by atoms with van der Waals surface area (Å²) in [7, 11) is 0. The first kappa shape index (κ1) is 26.0. The standard InChI is InChI=1S/C24H24F4N4O3.ClH/c1-14-13-35-23(34)32(14)17-4-5-18(20(25)11-17)22(33)31-8-6-30(7-9-31)21-19(15-2-3-15)10-16(12-29-21)24(26,27)28;/h4-5,10-12,14-15H,2-3,6-9,13H2,1H3;1H/t14-;/m1./s1. The van der Waals surface area contributed by atoms with Gasteiger partial charge in [0.15, 0.2) is 0 Å². The van der Waals surface area contributed by atoms with Crippen LogP contribution in [0.15, 0.2) is 30.5 Å². The first-order chi connectivity index (χ1) is 16.6. The maximum atomic E-state index is 14.8. The molecule has 1 aromatic carbocycles. The number of hydrogen-bond donors (Lipinski definition) is 0. The zero-order valence-electron chi connectivity index (χ0n) is 19.4. The second-order valence-corrected chi connectivity index (χ2v) is 9.15. The molecule has 1 saturated carbocycles. The lowest BCUT2D eigenvalue weighted by atomic mass is 10.1. The molecule has 194 valence electrons. The third-order valence-electron chi connectivity index (χ3n) is 6.65. The maximum Gasteiger partial charge on any atom is 0.417 e. The molecule has 0 radical (unpaired) electrons. The number of carbonyl (C=O) groups excluding carboxylic acids is 2. The van der Waals surface area contributed by atoms with Gasteiger partial charge in [-0.15, -0.1) is 12.4 Å². The molecule has 2 aliphatic heterocycles. The van der Waals surface area contributed by atoms with E-state index in [0.717, 1.165) is 25.1 Å². The number of nitrogens with zero attached hydrogens (tertiary/aromatic N) is 4. The lowest BCUT2D eigenvalue weighted by Gasteiger charge is -2.36. The van der Waals surface area contributed by atoms with E-state index in [4.69, 9.17) is 4.74 Å². The molecule has 0 spiro atoms. The zero-order chi connectivity index (χ0) is 24.9. The van der Waals surface area contributed by atoms with Gasteiger partial charge in [0, 0.05) is 32.4 Å². The minimum atomic E-state index is -4.45. The molecule has 0 bridgehead atoms. The number of ether oxygens (including phenoxy) is 1. The molecular weight excluding hydrogens is 504 g/mol. The zero-order valence-corrected chi connectivity index (χ0v) is 20.2. The van der Waals surface area contributed by atoms with Crippen molar-refractivity contribution in [3.05, 3.63) is 53.0 Å². The summed E-state index contributed by atoms with van der Waals surface area (Å²) in [5.74, 6) is -0.617. The minimum absolute atomic E-state index is 0. The summed E-state index contributed by atoms with van der Waals surface area (Å²) < 4.78 is 59.3. The highest BCUT2D eigenvalue weighted by Gasteiger charge is 2.37. The number of pyridine rings is 1. The summed E-state index contributed by atoms with van der Waals surface area (Å²) in [6.45, 7) is 3.30. The molecule has 7 nitrogen and oxygen atoms in total. The van der Waals surface area contributed by atoms with Gasteiger partial charge in [0.05, 0.1) is 22.9 Å². The van der Waals surface area contributed by atoms with Crippen molar-refractivity contribution in [2.24, 2.45) is 0 Å². The Morgan fingerprint density at radius 1 is 1.11 bits per heavy atom. The van der Waals surface area contributed by atoms with E-state index in [-0.39, 0.29) is 49.6 Å². The van der Waals surface area contributed by atoms with Gasteiger partial charge < -0.3 is 14.5 Å². The monoisotopic (exact) mass is 528 g/mol. The molecule has 2 aromatic rings. The minimum Gasteiger partial charge on any atom is -0.447 e. The molecule has 0 unspecified atom stereocenters. The number of halogens is 5. The summed E-state index contributed by atoms with van der Waals surface area (Å²) in [5, 5.41) is 0. The lowest BCUT2D eigenvalue weighted by molar-refractivity contribution is -0.137. The molecule has 3 aliphatic rings. The highest BCUT2D eigenvalue weighted by molar-refractivity contribution is 5.96. The van der Waals surface area contributed by atoms with Gasteiger partial charge in [-0.25, -0.2) is 14.2 Å². The largest absolute Gasteiger partial charge is 0.447 e. The number of anilines is 2. The summed E-state index contributed by atoms with van der Waals surface area (Å²) in [5.41, 5.74) is 0.0527. The number of hydrogen-bond acceptors (Lipinski definition) is 5. The predicted octanol–water partition coefficient (Wildman–Crippen LogP) is 4.85. The van der Waals surface area contributed by atoms with Crippen LogP contribution < -0.4 is 9.80 Å². The second kappa shape index (κ2) is 9.76. The molecule has 2 saturated heterocycles. The normalized spacial score (nSPS) is 20.3. The van der Waals surface area contributed by atoms with Crippen molar-refractivity contribution in [2.45, 2.75) is 37.9 Å². The van der Waals surface area contributed by atoms with E-state index in [9.17, 15) is 27.2 Å². The van der Waals surface area contributed by atoms with Crippen LogP contribution in [0, 0.1) is 5.82 Å². The molecule has 3 heterocycles. The van der Waals surface area contributed by atoms with Crippen molar-refractivity contribution in [1.29, 1.82) is 0 Å². The van der Waals surface area contributed by atoms with Crippen LogP contribution in [0.3, 0.4) is 0 Å². The highest BCUT2D eigenvalue weighted by atomic mass is 35.5. The molecule has 1 atom stereocenters. The Kier molecular flexibility index (Phi) is 7.05. The van der Waals surface area contributed by atoms with Crippen molar-refractivity contribution in [1.82, 2.24) is 9.88 Å². The molecule has 3 fully saturated rings. The highest BCUT2D eigenvalue weighted by Crippen LogP contribution is 2.45. The topological polar surface area (TPSA) is 66.0 Å². The number of rotatable bonds is 4. The first-order valence-corrected chi connectivity index (χ1v) is 11.5. The number of amides is 2. The molecule has 0 N–H and O–H groups in total. The van der Waals surface area contributed by atoms with Crippen LogP contribution in [0.2, 0.25) is 0 Å². The van der Waals surface area contributed by atoms with Crippen molar-refractivity contribution in [2.75, 3.05) is 42.6 Å². The summed E-state index contributed by atoms with van der Waals surface area (Å²) in [6, 6.07) is 4.98. The summed E-state index contributed by atoms with van der Waals surface area (Å²) in [4.78, 5) is 33.7. The Morgan fingerprint density at radius 2 is 1.81 bits per heavy atom. The Labute approximate surface area is 211 Å². The number of cyclic esters (lactones) is 1. The Bertz CT molecular complexity index is 1170. The van der Waals surface area contributed by atoms with Crippen molar-refractivity contribution >= 4 is 35.9 Å². The molecule has 5 rings (SSSR count). The van der Waals surface area contributed by atoms with Crippen molar-refractivity contribution < 1.29 is 31.9 Å². The molecular formula is C24H25ClF4N4O3. The van der Waals surface area contributed by atoms with E-state index < -0.39 is 29.6 Å². The first-order valence-electron chi connectivity index (χ1n) is 11.5. The van der Waals surface area contributed by atoms with Gasteiger partial charge in [0.25, 0.3) is 5.91 Å². The smallest absolute Gasteiger partial charge is 0.417 e. The quantitative estimate of drug-likeness (QED) is 0.531. The van der Waals surface area contributed by atoms with Crippen LogP contribution in [-0.4, -0.2) is 60.7 Å². The Balaban J connectivity index is 0.00000304. The maximum absolute atomic E-state index is 14.8. The van der Waals surface area contributed by atoms with E-state index in [1.165, 1.54) is 28.0 Å². The van der Waals surface area contributed by atoms with Gasteiger partial charge in [-0.1, -0.05) is 0 Å². The van der Waals surface area contributed by atoms with Crippen LogP contribution in [0.4, 0.5) is 33.9 Å². The van der Waals surface area contributed by atoms with Gasteiger partial charge in [0.1, 0.15) is 18.2 Å². The Hall–Kier alpha value is -3.08. The van der Waals surface area contributed by atoms with Crippen molar-refractivity contribution in [3.8, 4) is 0 Å². The molecule has 1 aliphatic carbocycles. The lowest BCUT2D eigenvalue weighted by Crippen LogP contribution is -2.49. The number of piperazine rings is 1. The Morgan fingerprint density at radius 3 is 2.36 bits per heavy atom. The van der Waals surface area contributed by atoms with E-state index >= 15 is 0 Å². The number of benzene rings is 1. The van der Waals surface area contributed by atoms with Crippen LogP contribution >= 0.6 is 12.4 Å². The number of carbonyl (C=O) groups is 2. The van der Waals surface area contributed by atoms with Crippen molar-refractivity contribution in [3.63, 3.8) is 0 Å². The third-order valence-corrected chi connectivity index (χ3v) is 6.65. The van der Waals surface area contributed by atoms with Crippen LogP contribution in [0.5, 0.6) is 0 Å². The second-order valence-electron chi connectivity index (χ2n) is 9.15. The van der Waals surface area contributed by atoms with Gasteiger partial charge >= 0.3 is 12.3 Å².